The van der Waals surface area contributed by atoms with Gasteiger partial charge >= 0.3 is 0 Å². The number of benzene rings is 2. The number of carbonyl (C=O) groups excluding carboxylic acids is 1. The zero-order valence-corrected chi connectivity index (χ0v) is 20.0. The molecule has 2 saturated heterocycles. The highest BCUT2D eigenvalue weighted by Gasteiger charge is 2.19. The third-order valence-corrected chi connectivity index (χ3v) is 6.37. The number of aliphatic imine (C=N–C) groups is 1. The largest absolute Gasteiger partial charge is 0.386 e. The molecule has 0 amide bonds. The molecule has 0 radical (unpaired) electrons. The van der Waals surface area contributed by atoms with E-state index in [1.165, 1.54) is 5.69 Å². The van der Waals surface area contributed by atoms with Crippen molar-refractivity contribution in [1.82, 2.24) is 5.32 Å². The van der Waals surface area contributed by atoms with Crippen molar-refractivity contribution in [2.24, 2.45) is 4.99 Å². The number of carbonyl (C=O) groups is 1. The molecule has 182 valence electrons. The van der Waals surface area contributed by atoms with E-state index < -0.39 is 0 Å². The summed E-state index contributed by atoms with van der Waals surface area (Å²) in [5.41, 5.74) is 5.91. The Labute approximate surface area is 205 Å². The van der Waals surface area contributed by atoms with E-state index in [0.717, 1.165) is 69.7 Å². The fourth-order valence-corrected chi connectivity index (χ4v) is 4.39. The molecular weight excluding hydrogens is 442 g/mol. The Balaban J connectivity index is 1.32. The Morgan fingerprint density at radius 3 is 1.83 bits per heavy atom. The van der Waals surface area contributed by atoms with Crippen LogP contribution < -0.4 is 20.4 Å². The highest BCUT2D eigenvalue weighted by molar-refractivity contribution is 6.23. The first-order valence-corrected chi connectivity index (χ1v) is 12.1. The Morgan fingerprint density at radius 1 is 0.743 bits per heavy atom. The van der Waals surface area contributed by atoms with Gasteiger partial charge in [0.2, 0.25) is 5.78 Å². The fourth-order valence-electron chi connectivity index (χ4n) is 4.39. The summed E-state index contributed by atoms with van der Waals surface area (Å²) in [5.74, 6) is -0.0896. The lowest BCUT2D eigenvalue weighted by Gasteiger charge is -2.29. The van der Waals surface area contributed by atoms with Crippen LogP contribution in [0.1, 0.15) is 0 Å². The van der Waals surface area contributed by atoms with E-state index in [2.05, 4.69) is 44.7 Å². The summed E-state index contributed by atoms with van der Waals surface area (Å²) in [5, 5.41) is 6.37. The second-order valence-electron chi connectivity index (χ2n) is 8.61. The number of rotatable bonds is 6. The standard InChI is InChI=1S/C27H31N5O3/c1-28-24-19-27(33)26(30-21-4-8-23(9-5-21)32-12-16-35-17-13-32)18-25(24)29-20-2-6-22(7-3-20)31-10-14-34-15-11-31/h2-9,18-19,28,30H,10-17H2,1H3. The van der Waals surface area contributed by atoms with Gasteiger partial charge in [0.15, 0.2) is 0 Å². The normalized spacial score (nSPS) is 19.9. The first-order valence-electron chi connectivity index (χ1n) is 12.1. The molecule has 0 unspecified atom stereocenters. The third-order valence-electron chi connectivity index (χ3n) is 6.37. The molecule has 5 rings (SSSR count). The van der Waals surface area contributed by atoms with E-state index >= 15 is 0 Å². The second kappa shape index (κ2) is 10.8. The van der Waals surface area contributed by atoms with Gasteiger partial charge in [-0.3, -0.25) is 4.79 Å². The maximum absolute atomic E-state index is 12.8. The molecule has 35 heavy (non-hydrogen) atoms. The summed E-state index contributed by atoms with van der Waals surface area (Å²) in [4.78, 5) is 22.2. The number of allylic oxidation sites excluding steroid dienone is 2. The molecular formula is C27H31N5O3. The zero-order chi connectivity index (χ0) is 24.0. The van der Waals surface area contributed by atoms with E-state index in [9.17, 15) is 4.79 Å². The maximum Gasteiger partial charge on any atom is 0.204 e. The lowest BCUT2D eigenvalue weighted by atomic mass is 10.0. The van der Waals surface area contributed by atoms with Crippen LogP contribution >= 0.6 is 0 Å². The van der Waals surface area contributed by atoms with Gasteiger partial charge in [0.1, 0.15) is 0 Å². The molecule has 0 bridgehead atoms. The lowest BCUT2D eigenvalue weighted by Crippen LogP contribution is -2.36. The minimum absolute atomic E-state index is 0.0896. The lowest BCUT2D eigenvalue weighted by molar-refractivity contribution is -0.111. The molecule has 0 spiro atoms. The number of nitrogens with zero attached hydrogens (tertiary/aromatic N) is 3. The van der Waals surface area contributed by atoms with Gasteiger partial charge in [0.05, 0.1) is 49.2 Å². The number of anilines is 3. The summed E-state index contributed by atoms with van der Waals surface area (Å²) in [7, 11) is 1.80. The SMILES string of the molecule is CNC1=CC(=O)C(Nc2ccc(N3CCOCC3)cc2)=CC1=Nc1ccc(N2CCOCC2)cc1. The molecule has 0 atom stereocenters. The number of ether oxygens (including phenoxy) is 2. The Bertz CT molecular complexity index is 1130. The van der Waals surface area contributed by atoms with Gasteiger partial charge < -0.3 is 29.9 Å². The molecule has 3 aliphatic rings. The summed E-state index contributed by atoms with van der Waals surface area (Å²) in [6, 6.07) is 16.3. The van der Waals surface area contributed by atoms with Crippen LogP contribution in [0.3, 0.4) is 0 Å². The zero-order valence-electron chi connectivity index (χ0n) is 20.0. The highest BCUT2D eigenvalue weighted by Crippen LogP contribution is 2.24. The molecule has 8 heteroatoms. The molecule has 2 aromatic carbocycles. The van der Waals surface area contributed by atoms with Crippen molar-refractivity contribution in [1.29, 1.82) is 0 Å². The third kappa shape index (κ3) is 5.55. The monoisotopic (exact) mass is 473 g/mol. The molecule has 0 saturated carbocycles. The average molecular weight is 474 g/mol. The molecule has 0 aromatic heterocycles. The van der Waals surface area contributed by atoms with Gasteiger partial charge in [-0.15, -0.1) is 0 Å². The van der Waals surface area contributed by atoms with Crippen molar-refractivity contribution >= 4 is 34.2 Å². The first-order chi connectivity index (χ1) is 17.2. The molecule has 2 aliphatic heterocycles. The summed E-state index contributed by atoms with van der Waals surface area (Å²) in [6.45, 7) is 6.58. The van der Waals surface area contributed by atoms with E-state index in [-0.39, 0.29) is 5.78 Å². The van der Waals surface area contributed by atoms with Crippen LogP contribution in [-0.2, 0) is 14.3 Å². The van der Waals surface area contributed by atoms with Crippen molar-refractivity contribution in [2.75, 3.05) is 74.8 Å². The van der Waals surface area contributed by atoms with Gasteiger partial charge in [-0.1, -0.05) is 0 Å². The second-order valence-corrected chi connectivity index (χ2v) is 8.61. The topological polar surface area (TPSA) is 78.4 Å². The summed E-state index contributed by atoms with van der Waals surface area (Å²) >= 11 is 0. The van der Waals surface area contributed by atoms with Crippen molar-refractivity contribution in [3.05, 3.63) is 72.1 Å². The minimum Gasteiger partial charge on any atom is -0.386 e. The molecule has 2 fully saturated rings. The number of hydrogen-bond donors (Lipinski definition) is 2. The Hall–Kier alpha value is -3.62. The van der Waals surface area contributed by atoms with Crippen molar-refractivity contribution in [2.45, 2.75) is 0 Å². The molecule has 2 heterocycles. The van der Waals surface area contributed by atoms with Crippen LogP contribution in [0.25, 0.3) is 0 Å². The quantitative estimate of drug-likeness (QED) is 0.624. The predicted octanol–water partition coefficient (Wildman–Crippen LogP) is 3.11. The van der Waals surface area contributed by atoms with Crippen molar-refractivity contribution in [3.8, 4) is 0 Å². The van der Waals surface area contributed by atoms with Gasteiger partial charge in [-0.25, -0.2) is 4.99 Å². The van der Waals surface area contributed by atoms with Gasteiger partial charge in [-0.05, 0) is 54.6 Å². The predicted molar refractivity (Wildman–Crippen MR) is 140 cm³/mol. The summed E-state index contributed by atoms with van der Waals surface area (Å²) < 4.78 is 10.9. The van der Waals surface area contributed by atoms with Crippen LogP contribution in [0.15, 0.2) is 77.1 Å². The van der Waals surface area contributed by atoms with Gasteiger partial charge in [0, 0.05) is 56.4 Å². The van der Waals surface area contributed by atoms with E-state index in [0.29, 0.717) is 17.1 Å². The van der Waals surface area contributed by atoms with Crippen LogP contribution in [0.2, 0.25) is 0 Å². The molecule has 8 nitrogen and oxygen atoms in total. The average Bonchev–Trinajstić information content (AvgIpc) is 2.92. The Morgan fingerprint density at radius 2 is 1.29 bits per heavy atom. The number of nitrogens with one attached hydrogen (secondary N) is 2. The highest BCUT2D eigenvalue weighted by atomic mass is 16.5. The fraction of sp³-hybridized carbons (Fsp3) is 0.333. The first kappa shape index (κ1) is 23.1. The van der Waals surface area contributed by atoms with E-state index in [1.807, 2.05) is 24.3 Å². The summed E-state index contributed by atoms with van der Waals surface area (Å²) in [6.07, 6.45) is 3.39. The number of hydrogen-bond acceptors (Lipinski definition) is 8. The van der Waals surface area contributed by atoms with Crippen LogP contribution in [0.4, 0.5) is 22.7 Å². The smallest absolute Gasteiger partial charge is 0.204 e. The molecule has 1 aliphatic carbocycles. The molecule has 2 aromatic rings. The maximum atomic E-state index is 12.8. The Kier molecular flexibility index (Phi) is 7.11. The van der Waals surface area contributed by atoms with Crippen LogP contribution in [0, 0.1) is 0 Å². The number of ketones is 1. The van der Waals surface area contributed by atoms with Crippen LogP contribution in [-0.4, -0.2) is 71.1 Å². The van der Waals surface area contributed by atoms with Crippen molar-refractivity contribution < 1.29 is 14.3 Å². The van der Waals surface area contributed by atoms with E-state index in [4.69, 9.17) is 14.5 Å². The number of morpholine rings is 2. The minimum atomic E-state index is -0.0896. The van der Waals surface area contributed by atoms with Gasteiger partial charge in [0.25, 0.3) is 0 Å². The van der Waals surface area contributed by atoms with Gasteiger partial charge in [-0.2, -0.15) is 0 Å². The van der Waals surface area contributed by atoms with Crippen LogP contribution in [0.5, 0.6) is 0 Å². The van der Waals surface area contributed by atoms with Crippen molar-refractivity contribution in [3.63, 3.8) is 0 Å². The van der Waals surface area contributed by atoms with E-state index in [1.54, 1.807) is 19.2 Å². The molecule has 2 N–H and O–H groups in total.